The summed E-state index contributed by atoms with van der Waals surface area (Å²) in [5.41, 5.74) is 1.31. The molecule has 0 saturated carbocycles. The first-order valence-electron chi connectivity index (χ1n) is 3.77. The van der Waals surface area contributed by atoms with Gasteiger partial charge in [-0.1, -0.05) is 13.5 Å². The zero-order valence-corrected chi connectivity index (χ0v) is 6.19. The smallest absolute Gasteiger partial charge is 0.0175 e. The van der Waals surface area contributed by atoms with E-state index >= 15 is 0 Å². The second kappa shape index (κ2) is 2.90. The predicted octanol–water partition coefficient (Wildman–Crippen LogP) is 2.01. The molecule has 0 aliphatic carbocycles. The third-order valence-corrected chi connectivity index (χ3v) is 1.96. The van der Waals surface area contributed by atoms with Crippen LogP contribution in [0.15, 0.2) is 12.3 Å². The van der Waals surface area contributed by atoms with Crippen molar-refractivity contribution < 1.29 is 0 Å². The number of hydrogen-bond donors (Lipinski definition) is 0. The molecule has 9 heavy (non-hydrogen) atoms. The quantitative estimate of drug-likeness (QED) is 0.545. The van der Waals surface area contributed by atoms with Crippen molar-refractivity contribution in [3.8, 4) is 0 Å². The topological polar surface area (TPSA) is 3.24 Å². The van der Waals surface area contributed by atoms with Crippen molar-refractivity contribution >= 4 is 0 Å². The number of rotatable bonds is 2. The molecule has 0 aromatic heterocycles. The van der Waals surface area contributed by atoms with Crippen LogP contribution in [0.3, 0.4) is 0 Å². The lowest BCUT2D eigenvalue weighted by Crippen LogP contribution is -2.16. The molecule has 1 rings (SSSR count). The van der Waals surface area contributed by atoms with Crippen LogP contribution < -0.4 is 0 Å². The summed E-state index contributed by atoms with van der Waals surface area (Å²) < 4.78 is 0. The van der Waals surface area contributed by atoms with Crippen LogP contribution in [0.25, 0.3) is 0 Å². The van der Waals surface area contributed by atoms with Crippen molar-refractivity contribution in [2.24, 2.45) is 0 Å². The minimum absolute atomic E-state index is 1.11. The summed E-state index contributed by atoms with van der Waals surface area (Å²) in [6, 6.07) is 0. The fourth-order valence-corrected chi connectivity index (χ4v) is 1.26. The molecular formula is C8H15N. The van der Waals surface area contributed by atoms with Gasteiger partial charge >= 0.3 is 0 Å². The summed E-state index contributed by atoms with van der Waals surface area (Å²) in [6.07, 6.45) is 3.83. The molecule has 0 amide bonds. The summed E-state index contributed by atoms with van der Waals surface area (Å²) >= 11 is 0. The van der Waals surface area contributed by atoms with E-state index in [0.29, 0.717) is 0 Å². The van der Waals surface area contributed by atoms with E-state index in [4.69, 9.17) is 0 Å². The van der Waals surface area contributed by atoms with Gasteiger partial charge in [0.05, 0.1) is 0 Å². The first kappa shape index (κ1) is 6.66. The lowest BCUT2D eigenvalue weighted by molar-refractivity contribution is 0.415. The highest BCUT2D eigenvalue weighted by molar-refractivity contribution is 4.94. The molecule has 1 aliphatic heterocycles. The third kappa shape index (κ3) is 1.47. The van der Waals surface area contributed by atoms with Crippen LogP contribution in [0.2, 0.25) is 0 Å². The molecule has 52 valence electrons. The number of allylic oxidation sites excluding steroid dienone is 1. The fraction of sp³-hybridized carbons (Fsp3) is 0.750. The van der Waals surface area contributed by atoms with Gasteiger partial charge in [0.25, 0.3) is 0 Å². The van der Waals surface area contributed by atoms with E-state index in [1.807, 2.05) is 0 Å². The summed E-state index contributed by atoms with van der Waals surface area (Å²) in [6.45, 7) is 8.63. The highest BCUT2D eigenvalue weighted by Crippen LogP contribution is 2.14. The Hall–Kier alpha value is -0.460. The van der Waals surface area contributed by atoms with Crippen LogP contribution in [0.4, 0.5) is 0 Å². The Balaban J connectivity index is 2.32. The Kier molecular flexibility index (Phi) is 2.15. The summed E-state index contributed by atoms with van der Waals surface area (Å²) in [7, 11) is 0. The molecule has 0 unspecified atom stereocenters. The number of nitrogens with zero attached hydrogens (tertiary/aromatic N) is 1. The van der Waals surface area contributed by atoms with E-state index < -0.39 is 0 Å². The van der Waals surface area contributed by atoms with Gasteiger partial charge in [0.15, 0.2) is 0 Å². The lowest BCUT2D eigenvalue weighted by Gasteiger charge is -2.18. The highest BCUT2D eigenvalue weighted by Gasteiger charge is 2.10. The molecule has 0 N–H and O–H groups in total. The van der Waals surface area contributed by atoms with E-state index in [0.717, 1.165) is 6.42 Å². The van der Waals surface area contributed by atoms with Gasteiger partial charge in [-0.2, -0.15) is 0 Å². The van der Waals surface area contributed by atoms with Crippen LogP contribution >= 0.6 is 0 Å². The van der Waals surface area contributed by atoms with Crippen LogP contribution in [0, 0.1) is 0 Å². The van der Waals surface area contributed by atoms with Crippen LogP contribution in [0.1, 0.15) is 26.2 Å². The molecule has 0 aromatic carbocycles. The second-order valence-electron chi connectivity index (χ2n) is 2.61. The van der Waals surface area contributed by atoms with Crippen molar-refractivity contribution in [2.45, 2.75) is 26.2 Å². The predicted molar refractivity (Wildman–Crippen MR) is 40.2 cm³/mol. The lowest BCUT2D eigenvalue weighted by atomic mass is 10.3. The van der Waals surface area contributed by atoms with Gasteiger partial charge in [-0.3, -0.25) is 0 Å². The van der Waals surface area contributed by atoms with Gasteiger partial charge in [0.1, 0.15) is 0 Å². The van der Waals surface area contributed by atoms with Crippen molar-refractivity contribution in [3.05, 3.63) is 12.3 Å². The fourth-order valence-electron chi connectivity index (χ4n) is 1.26. The molecule has 1 fully saturated rings. The highest BCUT2D eigenvalue weighted by atomic mass is 15.1. The summed E-state index contributed by atoms with van der Waals surface area (Å²) in [5, 5.41) is 0. The Morgan fingerprint density at radius 2 is 2.00 bits per heavy atom. The Morgan fingerprint density at radius 1 is 1.44 bits per heavy atom. The molecule has 0 atom stereocenters. The zero-order chi connectivity index (χ0) is 6.69. The molecule has 1 saturated heterocycles. The van der Waals surface area contributed by atoms with Crippen LogP contribution in [-0.4, -0.2) is 18.0 Å². The molecule has 1 aliphatic rings. The van der Waals surface area contributed by atoms with Gasteiger partial charge < -0.3 is 4.90 Å². The van der Waals surface area contributed by atoms with Crippen molar-refractivity contribution in [2.75, 3.05) is 13.1 Å². The molecule has 1 heterocycles. The molecule has 1 heteroatoms. The first-order valence-corrected chi connectivity index (χ1v) is 3.77. The van der Waals surface area contributed by atoms with Crippen molar-refractivity contribution in [3.63, 3.8) is 0 Å². The zero-order valence-electron chi connectivity index (χ0n) is 6.19. The Labute approximate surface area is 57.4 Å². The van der Waals surface area contributed by atoms with Crippen LogP contribution in [-0.2, 0) is 0 Å². The maximum Gasteiger partial charge on any atom is 0.0175 e. The molecule has 0 bridgehead atoms. The molecule has 0 spiro atoms. The standard InChI is InChI=1S/C8H15N/c1-3-8(2)9-6-4-5-7-9/h2-7H2,1H3. The van der Waals surface area contributed by atoms with Crippen LogP contribution in [0.5, 0.6) is 0 Å². The van der Waals surface area contributed by atoms with Gasteiger partial charge in [0.2, 0.25) is 0 Å². The van der Waals surface area contributed by atoms with E-state index in [-0.39, 0.29) is 0 Å². The number of likely N-dealkylation sites (tertiary alicyclic amines) is 1. The monoisotopic (exact) mass is 125 g/mol. The first-order chi connectivity index (χ1) is 4.34. The average Bonchev–Trinajstić information content (AvgIpc) is 2.37. The van der Waals surface area contributed by atoms with Gasteiger partial charge in [-0.15, -0.1) is 0 Å². The Morgan fingerprint density at radius 3 is 2.44 bits per heavy atom. The van der Waals surface area contributed by atoms with Gasteiger partial charge in [-0.25, -0.2) is 0 Å². The third-order valence-electron chi connectivity index (χ3n) is 1.96. The average molecular weight is 125 g/mol. The van der Waals surface area contributed by atoms with E-state index in [1.165, 1.54) is 31.6 Å². The minimum Gasteiger partial charge on any atom is -0.375 e. The van der Waals surface area contributed by atoms with E-state index in [1.54, 1.807) is 0 Å². The maximum atomic E-state index is 3.98. The van der Waals surface area contributed by atoms with Crippen molar-refractivity contribution in [1.82, 2.24) is 4.90 Å². The Bertz CT molecular complexity index is 101. The summed E-state index contributed by atoms with van der Waals surface area (Å²) in [4.78, 5) is 2.39. The largest absolute Gasteiger partial charge is 0.375 e. The second-order valence-corrected chi connectivity index (χ2v) is 2.61. The molecule has 0 radical (unpaired) electrons. The normalized spacial score (nSPS) is 18.6. The molecular weight excluding hydrogens is 110 g/mol. The molecule has 0 aromatic rings. The van der Waals surface area contributed by atoms with Crippen molar-refractivity contribution in [1.29, 1.82) is 0 Å². The minimum atomic E-state index is 1.11. The van der Waals surface area contributed by atoms with Gasteiger partial charge in [-0.05, 0) is 19.3 Å². The van der Waals surface area contributed by atoms with E-state index in [2.05, 4.69) is 18.4 Å². The maximum absolute atomic E-state index is 3.98. The molecule has 1 nitrogen and oxygen atoms in total. The number of hydrogen-bond acceptors (Lipinski definition) is 1. The van der Waals surface area contributed by atoms with E-state index in [9.17, 15) is 0 Å². The summed E-state index contributed by atoms with van der Waals surface area (Å²) in [5.74, 6) is 0. The van der Waals surface area contributed by atoms with Gasteiger partial charge in [0, 0.05) is 18.8 Å². The SMILES string of the molecule is C=C(CC)N1CCCC1.